The van der Waals surface area contributed by atoms with Crippen LogP contribution in [0.4, 0.5) is 34.4 Å². The number of pyridine rings is 1. The van der Waals surface area contributed by atoms with E-state index >= 15 is 0 Å². The number of aromatic nitrogens is 3. The van der Waals surface area contributed by atoms with Gasteiger partial charge in [-0.05, 0) is 134 Å². The predicted molar refractivity (Wildman–Crippen MR) is 287 cm³/mol. The molecule has 0 N–H and O–H groups in total. The van der Waals surface area contributed by atoms with Crippen LogP contribution >= 0.6 is 11.3 Å². The summed E-state index contributed by atoms with van der Waals surface area (Å²) in [7, 11) is 0. The first-order chi connectivity index (χ1) is 34.1. The second-order valence-corrected chi connectivity index (χ2v) is 18.7. The summed E-state index contributed by atoms with van der Waals surface area (Å²) in [6.45, 7) is 0. The molecule has 0 saturated carbocycles. The first-order valence-corrected chi connectivity index (χ1v) is 23.8. The fourth-order valence-corrected chi connectivity index (χ4v) is 11.3. The zero-order chi connectivity index (χ0) is 45.2. The number of anilines is 6. The molecule has 10 aromatic carbocycles. The fourth-order valence-electron chi connectivity index (χ4n) is 10.3. The van der Waals surface area contributed by atoms with E-state index in [9.17, 15) is 0 Å². The number of fused-ring (bicyclic) bond motifs is 13. The molecule has 15 aromatic rings. The fraction of sp³-hybridized carbons (Fsp3) is 0. The highest BCUT2D eigenvalue weighted by atomic mass is 32.1. The second-order valence-electron chi connectivity index (χ2n) is 17.7. The highest BCUT2D eigenvalue weighted by molar-refractivity contribution is 7.25. The van der Waals surface area contributed by atoms with E-state index in [-0.39, 0.29) is 0 Å². The maximum atomic E-state index is 6.44. The number of thiophene rings is 1. The van der Waals surface area contributed by atoms with Crippen molar-refractivity contribution in [3.8, 4) is 0 Å². The summed E-state index contributed by atoms with van der Waals surface area (Å²) in [5, 5.41) is 14.7. The molecular formula is C61H35N5O2S. The lowest BCUT2D eigenvalue weighted by molar-refractivity contribution is 0.668. The van der Waals surface area contributed by atoms with Gasteiger partial charge in [0.2, 0.25) is 0 Å². The van der Waals surface area contributed by atoms with Gasteiger partial charge in [-0.1, -0.05) is 97.1 Å². The van der Waals surface area contributed by atoms with Crippen molar-refractivity contribution in [2.24, 2.45) is 0 Å². The van der Waals surface area contributed by atoms with E-state index in [4.69, 9.17) is 23.8 Å². The number of nitrogens with zero attached hydrogens (tertiary/aromatic N) is 5. The molecule has 0 radical (unpaired) electrons. The lowest BCUT2D eigenvalue weighted by atomic mass is 10.0. The number of hydrogen-bond acceptors (Lipinski definition) is 8. The third kappa shape index (κ3) is 6.09. The van der Waals surface area contributed by atoms with Gasteiger partial charge in [-0.15, -0.1) is 11.3 Å². The van der Waals surface area contributed by atoms with Crippen molar-refractivity contribution in [3.63, 3.8) is 0 Å². The van der Waals surface area contributed by atoms with Crippen LogP contribution in [0.5, 0.6) is 0 Å². The maximum Gasteiger partial charge on any atom is 0.157 e. The van der Waals surface area contributed by atoms with Crippen molar-refractivity contribution in [2.45, 2.75) is 0 Å². The molecule has 8 heteroatoms. The average Bonchev–Trinajstić information content (AvgIpc) is 4.08. The minimum Gasteiger partial charge on any atom is -0.456 e. The summed E-state index contributed by atoms with van der Waals surface area (Å²) in [5.74, 6) is 1.47. The van der Waals surface area contributed by atoms with Crippen LogP contribution in [0.25, 0.3) is 107 Å². The summed E-state index contributed by atoms with van der Waals surface area (Å²) in [6.07, 6.45) is 3.82. The number of para-hydroxylation sites is 2. The highest BCUT2D eigenvalue weighted by Gasteiger charge is 2.22. The van der Waals surface area contributed by atoms with Crippen LogP contribution in [-0.4, -0.2) is 15.0 Å². The Morgan fingerprint density at radius 3 is 1.35 bits per heavy atom. The van der Waals surface area contributed by atoms with Crippen LogP contribution in [0, 0.1) is 0 Å². The largest absolute Gasteiger partial charge is 0.456 e. The van der Waals surface area contributed by atoms with Crippen molar-refractivity contribution in [1.29, 1.82) is 0 Å². The lowest BCUT2D eigenvalue weighted by Crippen LogP contribution is -2.12. The van der Waals surface area contributed by atoms with E-state index in [2.05, 4.69) is 180 Å². The summed E-state index contributed by atoms with van der Waals surface area (Å²) in [5.41, 5.74) is 7.96. The van der Waals surface area contributed by atoms with Gasteiger partial charge in [0.1, 0.15) is 38.5 Å². The topological polar surface area (TPSA) is 71.4 Å². The molecule has 5 aromatic heterocycles. The molecule has 15 rings (SSSR count). The first kappa shape index (κ1) is 38.0. The van der Waals surface area contributed by atoms with Crippen LogP contribution in [0.1, 0.15) is 0 Å². The van der Waals surface area contributed by atoms with Gasteiger partial charge in [0.25, 0.3) is 0 Å². The Kier molecular flexibility index (Phi) is 8.10. The maximum absolute atomic E-state index is 6.44. The molecule has 0 unspecified atom stereocenters. The lowest BCUT2D eigenvalue weighted by Gasteiger charge is -2.24. The molecule has 0 saturated heterocycles. The van der Waals surface area contributed by atoms with Gasteiger partial charge in [0.15, 0.2) is 5.82 Å². The summed E-state index contributed by atoms with van der Waals surface area (Å²) in [6, 6.07) is 70.7. The quantitative estimate of drug-likeness (QED) is 0.154. The minimum absolute atomic E-state index is 0.697. The molecule has 7 nitrogen and oxygen atoms in total. The van der Waals surface area contributed by atoms with E-state index in [1.165, 1.54) is 32.3 Å². The Bertz CT molecular complexity index is 4320. The summed E-state index contributed by atoms with van der Waals surface area (Å²) < 4.78 is 13.9. The number of hydrogen-bond donors (Lipinski definition) is 0. The number of benzene rings is 10. The van der Waals surface area contributed by atoms with Crippen molar-refractivity contribution >= 4 is 153 Å². The molecular weight excluding hydrogens is 867 g/mol. The van der Waals surface area contributed by atoms with Crippen molar-refractivity contribution < 1.29 is 8.83 Å². The Hall–Kier alpha value is -9.11. The molecule has 0 fully saturated rings. The zero-order valence-corrected chi connectivity index (χ0v) is 37.5. The molecule has 322 valence electrons. The monoisotopic (exact) mass is 901 g/mol. The Balaban J connectivity index is 0.887. The van der Waals surface area contributed by atoms with Gasteiger partial charge >= 0.3 is 0 Å². The van der Waals surface area contributed by atoms with Gasteiger partial charge in [-0.3, -0.25) is 9.80 Å². The van der Waals surface area contributed by atoms with Crippen molar-refractivity contribution in [1.82, 2.24) is 15.0 Å². The molecule has 0 spiro atoms. The molecule has 0 amide bonds. The van der Waals surface area contributed by atoms with Gasteiger partial charge in [0, 0.05) is 61.3 Å². The van der Waals surface area contributed by atoms with Crippen LogP contribution in [0.15, 0.2) is 221 Å². The first-order valence-electron chi connectivity index (χ1n) is 23.0. The molecule has 69 heavy (non-hydrogen) atoms. The van der Waals surface area contributed by atoms with Crippen LogP contribution < -0.4 is 9.80 Å². The third-order valence-corrected chi connectivity index (χ3v) is 14.7. The molecule has 0 atom stereocenters. The van der Waals surface area contributed by atoms with E-state index in [0.29, 0.717) is 5.82 Å². The Morgan fingerprint density at radius 2 is 0.783 bits per heavy atom. The molecule has 5 heterocycles. The highest BCUT2D eigenvalue weighted by Crippen LogP contribution is 2.44. The van der Waals surface area contributed by atoms with Crippen LogP contribution in [0.3, 0.4) is 0 Å². The van der Waals surface area contributed by atoms with Crippen molar-refractivity contribution in [2.75, 3.05) is 9.80 Å². The average molecular weight is 902 g/mol. The minimum atomic E-state index is 0.697. The standard InChI is InChI=1S/C61H35N5O2S/c1-3-11-38-27-42-29-44(19-17-40(42)25-36(38)9-1)65(46-21-23-50-48-13-5-7-15-53(48)67-55(50)31-46)58-33-57-52(34-62-58)60-61(69-57)64-59(35-63-60)66(47-22-24-51-49-14-6-8-16-54(49)68-56(51)32-47)45-20-18-41-26-37-10-2-4-12-39(37)28-43(41)30-45/h1-35H. The van der Waals surface area contributed by atoms with E-state index < -0.39 is 0 Å². The molecule has 0 bridgehead atoms. The summed E-state index contributed by atoms with van der Waals surface area (Å²) in [4.78, 5) is 21.0. The van der Waals surface area contributed by atoms with Crippen LogP contribution in [-0.2, 0) is 0 Å². The molecule has 0 aliphatic carbocycles. The van der Waals surface area contributed by atoms with E-state index in [1.54, 1.807) is 11.3 Å². The molecule has 0 aliphatic heterocycles. The van der Waals surface area contributed by atoms with E-state index in [1.807, 2.05) is 42.7 Å². The van der Waals surface area contributed by atoms with Crippen LogP contribution in [0.2, 0.25) is 0 Å². The van der Waals surface area contributed by atoms with Crippen molar-refractivity contribution in [3.05, 3.63) is 213 Å². The molecule has 0 aliphatic rings. The zero-order valence-electron chi connectivity index (χ0n) is 36.7. The smallest absolute Gasteiger partial charge is 0.157 e. The second kappa shape index (κ2) is 14.7. The third-order valence-electron chi connectivity index (χ3n) is 13.6. The van der Waals surface area contributed by atoms with E-state index in [0.717, 1.165) is 104 Å². The van der Waals surface area contributed by atoms with Gasteiger partial charge in [0.05, 0.1) is 17.6 Å². The SMILES string of the molecule is c1ccc2cc3cc(N(c4ccc5c(c4)oc4ccccc45)c4cc5sc6nc(N(c7ccc8cc9ccccc9cc8c7)c7ccc8c(c7)oc7ccccc78)cnc6c5cn4)ccc3cc2c1. The summed E-state index contributed by atoms with van der Waals surface area (Å²) >= 11 is 1.62. The van der Waals surface area contributed by atoms with Gasteiger partial charge in [-0.25, -0.2) is 15.0 Å². The normalized spacial score (nSPS) is 12.1. The Morgan fingerprint density at radius 1 is 0.333 bits per heavy atom. The predicted octanol–water partition coefficient (Wildman–Crippen LogP) is 17.6. The Labute approximate surface area is 397 Å². The number of rotatable bonds is 6. The van der Waals surface area contributed by atoms with Gasteiger partial charge in [-0.2, -0.15) is 0 Å². The van der Waals surface area contributed by atoms with Gasteiger partial charge < -0.3 is 8.83 Å². The number of furan rings is 2.